The fraction of sp³-hybridized carbons (Fsp3) is 0.595. The molecule has 6 amide bonds. The third-order valence-electron chi connectivity index (χ3n) is 11.6. The summed E-state index contributed by atoms with van der Waals surface area (Å²) in [5.74, 6) is -2.64. The van der Waals surface area contributed by atoms with Gasteiger partial charge >= 0.3 is 12.1 Å². The fourth-order valence-electron chi connectivity index (χ4n) is 8.20. The van der Waals surface area contributed by atoms with Gasteiger partial charge in [0, 0.05) is 32.5 Å². The number of hydrogen-bond donors (Lipinski definition) is 3. The number of carbonyl (C=O) groups excluding carboxylic acids is 5. The molecule has 6 aliphatic rings. The van der Waals surface area contributed by atoms with E-state index in [1.54, 1.807) is 16.8 Å². The van der Waals surface area contributed by atoms with Crippen molar-refractivity contribution >= 4 is 45.9 Å². The number of hydrogen-bond acceptors (Lipinski definition) is 8. The van der Waals surface area contributed by atoms with E-state index in [2.05, 4.69) is 28.0 Å². The average Bonchev–Trinajstić information content (AvgIpc) is 3.90. The van der Waals surface area contributed by atoms with Crippen LogP contribution in [0, 0.1) is 11.8 Å². The van der Waals surface area contributed by atoms with Crippen LogP contribution in [0.2, 0.25) is 0 Å². The molecular weight excluding hydrogens is 689 g/mol. The Labute approximate surface area is 304 Å². The maximum Gasteiger partial charge on any atom is 0.410 e. The van der Waals surface area contributed by atoms with Gasteiger partial charge in [0.15, 0.2) is 0 Å². The zero-order chi connectivity index (χ0) is 36.8. The number of sulfonamides is 1. The zero-order valence-electron chi connectivity index (χ0n) is 29.6. The number of amides is 6. The number of fused-ring (bicyclic) bond motifs is 3. The lowest BCUT2D eigenvalue weighted by atomic mass is 9.96. The lowest BCUT2D eigenvalue weighted by Gasteiger charge is -2.33. The number of urea groups is 1. The van der Waals surface area contributed by atoms with Gasteiger partial charge in [-0.25, -0.2) is 18.0 Å². The van der Waals surface area contributed by atoms with Gasteiger partial charge in [0.2, 0.25) is 21.8 Å². The zero-order valence-corrected chi connectivity index (χ0v) is 30.4. The van der Waals surface area contributed by atoms with E-state index < -0.39 is 74.8 Å². The summed E-state index contributed by atoms with van der Waals surface area (Å²) in [6.07, 6.45) is 9.90. The second-order valence-electron chi connectivity index (χ2n) is 15.2. The molecule has 1 aromatic rings. The molecule has 0 aromatic heterocycles. The summed E-state index contributed by atoms with van der Waals surface area (Å²) in [6.45, 7) is 4.86. The highest BCUT2D eigenvalue weighted by molar-refractivity contribution is 7.91. The summed E-state index contributed by atoms with van der Waals surface area (Å²) in [5, 5.41) is 5.12. The maximum atomic E-state index is 14.6. The number of nitrogens with one attached hydrogen (secondary N) is 3. The Morgan fingerprint density at radius 2 is 1.85 bits per heavy atom. The third-order valence-corrected chi connectivity index (χ3v) is 13.4. The minimum Gasteiger partial charge on any atom is -0.444 e. The van der Waals surface area contributed by atoms with Gasteiger partial charge in [0.05, 0.1) is 18.3 Å². The van der Waals surface area contributed by atoms with Crippen LogP contribution < -0.4 is 15.4 Å². The van der Waals surface area contributed by atoms with Crippen molar-refractivity contribution in [2.24, 2.45) is 11.8 Å². The smallest absolute Gasteiger partial charge is 0.410 e. The Morgan fingerprint density at radius 1 is 1.08 bits per heavy atom. The van der Waals surface area contributed by atoms with Crippen molar-refractivity contribution in [3.05, 3.63) is 53.6 Å². The number of carbonyl (C=O) groups is 5. The molecule has 3 heterocycles. The number of rotatable bonds is 7. The molecule has 1 saturated heterocycles. The van der Waals surface area contributed by atoms with E-state index >= 15 is 0 Å². The van der Waals surface area contributed by atoms with Gasteiger partial charge in [-0.1, -0.05) is 49.3 Å². The third kappa shape index (κ3) is 7.15. The van der Waals surface area contributed by atoms with E-state index in [0.717, 1.165) is 48.8 Å². The summed E-state index contributed by atoms with van der Waals surface area (Å²) >= 11 is 0. The molecule has 14 nitrogen and oxygen atoms in total. The molecule has 3 aliphatic heterocycles. The minimum absolute atomic E-state index is 0.0415. The lowest BCUT2D eigenvalue weighted by Crippen LogP contribution is -2.59. The highest BCUT2D eigenvalue weighted by Crippen LogP contribution is 2.45. The van der Waals surface area contributed by atoms with Gasteiger partial charge in [0.25, 0.3) is 5.91 Å². The average molecular weight is 737 g/mol. The van der Waals surface area contributed by atoms with Crippen LogP contribution in [0.1, 0.15) is 80.9 Å². The Hall–Kier alpha value is -4.40. The molecule has 3 aliphatic carbocycles. The number of ether oxygens (including phenoxy) is 1. The molecule has 0 spiro atoms. The molecule has 4 bridgehead atoms. The second-order valence-corrected chi connectivity index (χ2v) is 17.2. The summed E-state index contributed by atoms with van der Waals surface area (Å²) in [5.41, 5.74) is 1.49. The first kappa shape index (κ1) is 36.0. The van der Waals surface area contributed by atoms with E-state index in [4.69, 9.17) is 4.74 Å². The molecule has 7 rings (SSSR count). The summed E-state index contributed by atoms with van der Waals surface area (Å²) in [7, 11) is -2.20. The minimum atomic E-state index is -3.89. The van der Waals surface area contributed by atoms with Crippen LogP contribution in [0.4, 0.5) is 9.59 Å². The maximum absolute atomic E-state index is 14.6. The largest absolute Gasteiger partial charge is 0.444 e. The quantitative estimate of drug-likeness (QED) is 0.359. The Balaban J connectivity index is 1.17. The molecule has 3 N–H and O–H groups in total. The fourth-order valence-corrected chi connectivity index (χ4v) is 9.56. The van der Waals surface area contributed by atoms with E-state index in [1.807, 2.05) is 24.3 Å². The van der Waals surface area contributed by atoms with Crippen molar-refractivity contribution in [1.82, 2.24) is 30.1 Å². The number of allylic oxidation sites excluding steroid dienone is 1. The topological polar surface area (TPSA) is 175 Å². The molecule has 0 radical (unpaired) electrons. The Morgan fingerprint density at radius 3 is 2.56 bits per heavy atom. The van der Waals surface area contributed by atoms with Gasteiger partial charge < -0.3 is 25.2 Å². The van der Waals surface area contributed by atoms with Gasteiger partial charge in [-0.15, -0.1) is 6.58 Å². The molecule has 1 aromatic carbocycles. The van der Waals surface area contributed by atoms with Crippen LogP contribution in [0.15, 0.2) is 36.9 Å². The van der Waals surface area contributed by atoms with Crippen LogP contribution in [-0.4, -0.2) is 102 Å². The van der Waals surface area contributed by atoms with Crippen molar-refractivity contribution in [3.63, 3.8) is 0 Å². The first-order chi connectivity index (χ1) is 24.9. The van der Waals surface area contributed by atoms with E-state index in [0.29, 0.717) is 38.9 Å². The van der Waals surface area contributed by atoms with Gasteiger partial charge in [-0.3, -0.25) is 24.0 Å². The molecule has 280 valence electrons. The van der Waals surface area contributed by atoms with Crippen molar-refractivity contribution in [2.75, 3.05) is 20.1 Å². The summed E-state index contributed by atoms with van der Waals surface area (Å²) < 4.78 is 33.5. The van der Waals surface area contributed by atoms with Gasteiger partial charge in [0.1, 0.15) is 23.7 Å². The molecule has 15 heteroatoms. The van der Waals surface area contributed by atoms with Crippen LogP contribution in [0.25, 0.3) is 6.08 Å². The standard InChI is InChI=1S/C37H48N6O8S/c1-3-26-19-37(26,34(46)40-52(49,50)28-15-16-28)39-32(44)30-18-27-21-43(30)33(45)31(24-11-6-7-12-24)38-35(47)41(2)17-8-4-5-10-23-13-9-14-25-20-42(22-29(23)25)36(48)51-27/h3,5,9-10,13-14,24,26-28,30-31H,1,4,6-8,11-12,15-22H2,2H3,(H,38,47)(H,39,44)(H,40,46)/b10-5+/t26-,27-,30+,31+,37-/m1/s1. The molecule has 52 heavy (non-hydrogen) atoms. The van der Waals surface area contributed by atoms with E-state index in [-0.39, 0.29) is 25.3 Å². The Bertz CT molecular complexity index is 1790. The summed E-state index contributed by atoms with van der Waals surface area (Å²) in [4.78, 5) is 74.0. The predicted octanol–water partition coefficient (Wildman–Crippen LogP) is 2.78. The van der Waals surface area contributed by atoms with Crippen molar-refractivity contribution in [3.8, 4) is 0 Å². The predicted molar refractivity (Wildman–Crippen MR) is 191 cm³/mol. The molecule has 4 fully saturated rings. The van der Waals surface area contributed by atoms with Crippen LogP contribution in [0.3, 0.4) is 0 Å². The van der Waals surface area contributed by atoms with Crippen molar-refractivity contribution < 1.29 is 37.1 Å². The lowest BCUT2D eigenvalue weighted by molar-refractivity contribution is -0.142. The Kier molecular flexibility index (Phi) is 9.83. The molecule has 0 unspecified atom stereocenters. The van der Waals surface area contributed by atoms with E-state index in [1.165, 1.54) is 11.0 Å². The van der Waals surface area contributed by atoms with Gasteiger partial charge in [-0.2, -0.15) is 0 Å². The highest BCUT2D eigenvalue weighted by Gasteiger charge is 2.62. The van der Waals surface area contributed by atoms with Crippen LogP contribution in [0.5, 0.6) is 0 Å². The van der Waals surface area contributed by atoms with Crippen molar-refractivity contribution in [1.29, 1.82) is 0 Å². The summed E-state index contributed by atoms with van der Waals surface area (Å²) in [6, 6.07) is 3.47. The van der Waals surface area contributed by atoms with Gasteiger partial charge in [-0.05, 0) is 67.6 Å². The van der Waals surface area contributed by atoms with E-state index in [9.17, 15) is 32.4 Å². The first-order valence-corrected chi connectivity index (χ1v) is 20.0. The van der Waals surface area contributed by atoms with Crippen molar-refractivity contribution in [2.45, 2.75) is 106 Å². The van der Waals surface area contributed by atoms with Crippen LogP contribution >= 0.6 is 0 Å². The molecule has 5 atom stereocenters. The first-order valence-electron chi connectivity index (χ1n) is 18.5. The monoisotopic (exact) mass is 736 g/mol. The molecule has 3 saturated carbocycles. The molecular formula is C37H48N6O8S. The van der Waals surface area contributed by atoms with Crippen LogP contribution in [-0.2, 0) is 42.2 Å². The number of nitrogens with zero attached hydrogens (tertiary/aromatic N) is 3. The highest BCUT2D eigenvalue weighted by atomic mass is 32.2. The second kappa shape index (κ2) is 14.2. The SMILES string of the molecule is C=C[C@@H]1C[C@]1(NC(=O)[C@@H]1C[C@@H]2CN1C(=O)[C@H](C1CCCC1)NC(=O)N(C)CCC/C=C/c1cccc3c1CN(C3)C(=O)O2)C(=O)NS(=O)(=O)C1CC1. The normalized spacial score (nSPS) is 30.5. The number of benzene rings is 1.